The van der Waals surface area contributed by atoms with E-state index >= 15 is 0 Å². The van der Waals surface area contributed by atoms with Crippen molar-refractivity contribution in [3.05, 3.63) is 69.7 Å². The van der Waals surface area contributed by atoms with E-state index < -0.39 is 6.10 Å². The molecule has 0 aliphatic heterocycles. The van der Waals surface area contributed by atoms with E-state index in [2.05, 4.69) is 33.0 Å². The molecular formula is C22H29Cl2NOS. The number of benzene rings is 2. The third-order valence-corrected chi connectivity index (χ3v) is 6.28. The maximum absolute atomic E-state index is 11.1. The van der Waals surface area contributed by atoms with Gasteiger partial charge in [0.1, 0.15) is 0 Å². The minimum atomic E-state index is -0.710. The van der Waals surface area contributed by atoms with Gasteiger partial charge in [0.05, 0.1) is 12.1 Å². The summed E-state index contributed by atoms with van der Waals surface area (Å²) in [5.41, 5.74) is 1.80. The smallest absolute Gasteiger partial charge is 0.0985 e. The predicted octanol–water partition coefficient (Wildman–Crippen LogP) is 6.67. The van der Waals surface area contributed by atoms with E-state index in [1.807, 2.05) is 60.3 Å². The molecule has 0 aliphatic rings. The molecule has 2 nitrogen and oxygen atoms in total. The van der Waals surface area contributed by atoms with Crippen LogP contribution in [0.2, 0.25) is 10.0 Å². The Kier molecular flexibility index (Phi) is 8.51. The van der Waals surface area contributed by atoms with Gasteiger partial charge in [-0.2, -0.15) is 11.8 Å². The molecule has 0 aliphatic carbocycles. The molecule has 0 heterocycles. The monoisotopic (exact) mass is 425 g/mol. The van der Waals surface area contributed by atoms with Crippen LogP contribution in [0.3, 0.4) is 0 Å². The van der Waals surface area contributed by atoms with Crippen LogP contribution in [0.1, 0.15) is 57.4 Å². The molecule has 148 valence electrons. The zero-order valence-electron chi connectivity index (χ0n) is 16.4. The van der Waals surface area contributed by atoms with Gasteiger partial charge in [-0.15, -0.1) is 0 Å². The standard InChI is InChI=1S/C22H29Cl2NOS/c1-5-19(14-27-22(2,3)4)25-20(15-9-11-17(23)12-10-15)21(26)16-7-6-8-18(24)13-16/h6-13,19-21,25-26H,5,14H2,1-4H3/t19-,20+,21+/m0/s1. The van der Waals surface area contributed by atoms with Crippen LogP contribution in [0.4, 0.5) is 0 Å². The molecule has 0 amide bonds. The van der Waals surface area contributed by atoms with Gasteiger partial charge < -0.3 is 10.4 Å². The second kappa shape index (κ2) is 10.2. The molecule has 3 atom stereocenters. The number of aliphatic hydroxyl groups is 1. The Hall–Kier alpha value is -0.710. The first-order valence-electron chi connectivity index (χ1n) is 9.28. The molecule has 2 aromatic rings. The Morgan fingerprint density at radius 2 is 1.67 bits per heavy atom. The Balaban J connectivity index is 2.27. The van der Waals surface area contributed by atoms with Gasteiger partial charge in [-0.3, -0.25) is 0 Å². The molecule has 2 N–H and O–H groups in total. The second-order valence-corrected chi connectivity index (χ2v) is 10.4. The maximum atomic E-state index is 11.1. The molecule has 0 saturated heterocycles. The summed E-state index contributed by atoms with van der Waals surface area (Å²) in [4.78, 5) is 0. The van der Waals surface area contributed by atoms with Gasteiger partial charge in [0, 0.05) is 26.6 Å². The minimum absolute atomic E-state index is 0.205. The van der Waals surface area contributed by atoms with Crippen molar-refractivity contribution < 1.29 is 5.11 Å². The first kappa shape index (κ1) is 22.6. The Labute approximate surface area is 177 Å². The van der Waals surface area contributed by atoms with Crippen LogP contribution in [0.5, 0.6) is 0 Å². The number of rotatable bonds is 8. The van der Waals surface area contributed by atoms with Crippen LogP contribution in [0.25, 0.3) is 0 Å². The number of nitrogens with one attached hydrogen (secondary N) is 1. The Bertz CT molecular complexity index is 715. The van der Waals surface area contributed by atoms with E-state index in [1.54, 1.807) is 0 Å². The zero-order chi connectivity index (χ0) is 20.0. The van der Waals surface area contributed by atoms with Crippen molar-refractivity contribution in [3.63, 3.8) is 0 Å². The highest BCUT2D eigenvalue weighted by molar-refractivity contribution is 8.00. The number of hydrogen-bond acceptors (Lipinski definition) is 3. The first-order valence-corrected chi connectivity index (χ1v) is 11.0. The van der Waals surface area contributed by atoms with E-state index in [1.165, 1.54) is 0 Å². The van der Waals surface area contributed by atoms with Crippen LogP contribution in [-0.4, -0.2) is 21.6 Å². The van der Waals surface area contributed by atoms with E-state index in [9.17, 15) is 5.11 Å². The number of aliphatic hydroxyl groups excluding tert-OH is 1. The topological polar surface area (TPSA) is 32.3 Å². The lowest BCUT2D eigenvalue weighted by molar-refractivity contribution is 0.122. The fraction of sp³-hybridized carbons (Fsp3) is 0.455. The average Bonchev–Trinajstić information content (AvgIpc) is 2.62. The molecule has 0 aromatic heterocycles. The molecule has 27 heavy (non-hydrogen) atoms. The van der Waals surface area contributed by atoms with Crippen molar-refractivity contribution >= 4 is 35.0 Å². The molecule has 0 bridgehead atoms. The summed E-state index contributed by atoms with van der Waals surface area (Å²) in [6.07, 6.45) is 0.272. The van der Waals surface area contributed by atoms with Gasteiger partial charge in [0.2, 0.25) is 0 Å². The van der Waals surface area contributed by atoms with Gasteiger partial charge in [-0.25, -0.2) is 0 Å². The summed E-state index contributed by atoms with van der Waals surface area (Å²) in [5.74, 6) is 0.979. The lowest BCUT2D eigenvalue weighted by Gasteiger charge is -2.31. The van der Waals surface area contributed by atoms with Gasteiger partial charge in [-0.05, 0) is 41.8 Å². The number of halogens is 2. The van der Waals surface area contributed by atoms with Crippen LogP contribution < -0.4 is 5.32 Å². The maximum Gasteiger partial charge on any atom is 0.0985 e. The van der Waals surface area contributed by atoms with Crippen molar-refractivity contribution in [1.82, 2.24) is 5.32 Å². The largest absolute Gasteiger partial charge is 0.386 e. The zero-order valence-corrected chi connectivity index (χ0v) is 18.7. The van der Waals surface area contributed by atoms with E-state index in [0.717, 1.165) is 23.3 Å². The van der Waals surface area contributed by atoms with Crippen molar-refractivity contribution in [2.24, 2.45) is 0 Å². The molecule has 0 radical (unpaired) electrons. The minimum Gasteiger partial charge on any atom is -0.386 e. The second-order valence-electron chi connectivity index (χ2n) is 7.72. The summed E-state index contributed by atoms with van der Waals surface area (Å²) >= 11 is 14.1. The lowest BCUT2D eigenvalue weighted by atomic mass is 9.95. The van der Waals surface area contributed by atoms with Crippen molar-refractivity contribution in [1.29, 1.82) is 0 Å². The number of hydrogen-bond donors (Lipinski definition) is 2. The predicted molar refractivity (Wildman–Crippen MR) is 120 cm³/mol. The molecule has 5 heteroatoms. The van der Waals surface area contributed by atoms with E-state index in [4.69, 9.17) is 23.2 Å². The fourth-order valence-corrected chi connectivity index (χ4v) is 4.17. The van der Waals surface area contributed by atoms with Crippen molar-refractivity contribution in [3.8, 4) is 0 Å². The molecule has 0 saturated carbocycles. The highest BCUT2D eigenvalue weighted by Crippen LogP contribution is 2.32. The highest BCUT2D eigenvalue weighted by atomic mass is 35.5. The Morgan fingerprint density at radius 1 is 1.00 bits per heavy atom. The van der Waals surface area contributed by atoms with Crippen molar-refractivity contribution in [2.45, 2.75) is 57.1 Å². The summed E-state index contributed by atoms with van der Waals surface area (Å²) in [6, 6.07) is 15.1. The Morgan fingerprint density at radius 3 is 2.22 bits per heavy atom. The summed E-state index contributed by atoms with van der Waals surface area (Å²) in [5, 5.41) is 16.1. The number of thioether (sulfide) groups is 1. The average molecular weight is 426 g/mol. The van der Waals surface area contributed by atoms with Gasteiger partial charge in [-0.1, -0.05) is 75.2 Å². The highest BCUT2D eigenvalue weighted by Gasteiger charge is 2.26. The van der Waals surface area contributed by atoms with Crippen LogP contribution in [0, 0.1) is 0 Å². The third kappa shape index (κ3) is 7.32. The molecule has 0 unspecified atom stereocenters. The van der Waals surface area contributed by atoms with E-state index in [-0.39, 0.29) is 16.8 Å². The molecule has 2 aromatic carbocycles. The summed E-state index contributed by atoms with van der Waals surface area (Å²) < 4.78 is 0.205. The summed E-state index contributed by atoms with van der Waals surface area (Å²) in [6.45, 7) is 8.84. The third-order valence-electron chi connectivity index (χ3n) is 4.36. The van der Waals surface area contributed by atoms with Gasteiger partial charge >= 0.3 is 0 Å². The SMILES string of the molecule is CC[C@@H](CSC(C)(C)C)N[C@H](c1ccc(Cl)cc1)[C@H](O)c1cccc(Cl)c1. The molecular weight excluding hydrogens is 397 g/mol. The summed E-state index contributed by atoms with van der Waals surface area (Å²) in [7, 11) is 0. The quantitative estimate of drug-likeness (QED) is 0.495. The molecule has 2 rings (SSSR count). The van der Waals surface area contributed by atoms with Gasteiger partial charge in [0.15, 0.2) is 0 Å². The molecule has 0 spiro atoms. The normalized spacial score (nSPS) is 15.4. The fourth-order valence-electron chi connectivity index (χ4n) is 2.81. The van der Waals surface area contributed by atoms with Crippen LogP contribution in [-0.2, 0) is 0 Å². The van der Waals surface area contributed by atoms with Crippen LogP contribution in [0.15, 0.2) is 48.5 Å². The van der Waals surface area contributed by atoms with E-state index in [0.29, 0.717) is 10.0 Å². The lowest BCUT2D eigenvalue weighted by Crippen LogP contribution is -2.38. The van der Waals surface area contributed by atoms with Crippen LogP contribution >= 0.6 is 35.0 Å². The molecule has 0 fully saturated rings. The first-order chi connectivity index (χ1) is 12.7. The van der Waals surface area contributed by atoms with Gasteiger partial charge in [0.25, 0.3) is 0 Å². The van der Waals surface area contributed by atoms with Crippen molar-refractivity contribution in [2.75, 3.05) is 5.75 Å².